The molecule has 0 spiro atoms. The molecule has 0 bridgehead atoms. The molecule has 1 atom stereocenters. The summed E-state index contributed by atoms with van der Waals surface area (Å²) in [5, 5.41) is 5.53. The van der Waals surface area contributed by atoms with E-state index >= 15 is 0 Å². The topological polar surface area (TPSA) is 58.2 Å². The molecule has 23 heavy (non-hydrogen) atoms. The predicted molar refractivity (Wildman–Crippen MR) is 91.0 cm³/mol. The lowest BCUT2D eigenvalue weighted by atomic mass is 9.91. The molecule has 0 aromatic heterocycles. The maximum Gasteiger partial charge on any atom is 0.242 e. The van der Waals surface area contributed by atoms with Crippen LogP contribution in [0.15, 0.2) is 60.7 Å². The summed E-state index contributed by atoms with van der Waals surface area (Å²) in [5.41, 5.74) is 2.29. The molecule has 0 fully saturated rings. The summed E-state index contributed by atoms with van der Waals surface area (Å²) in [4.78, 5) is 23.2. The normalized spacial score (nSPS) is 11.8. The second-order valence-corrected chi connectivity index (χ2v) is 5.54. The van der Waals surface area contributed by atoms with Gasteiger partial charge in [0.1, 0.15) is 6.04 Å². The van der Waals surface area contributed by atoms with Crippen molar-refractivity contribution in [3.8, 4) is 0 Å². The molecule has 4 heteroatoms. The molecule has 0 saturated heterocycles. The monoisotopic (exact) mass is 310 g/mol. The molecule has 0 heterocycles. The largest absolute Gasteiger partial charge is 0.353 e. The van der Waals surface area contributed by atoms with Crippen LogP contribution in [0.4, 0.5) is 0 Å². The van der Waals surface area contributed by atoms with E-state index in [2.05, 4.69) is 34.9 Å². The van der Waals surface area contributed by atoms with Crippen molar-refractivity contribution in [3.63, 3.8) is 0 Å². The number of hydrogen-bond acceptors (Lipinski definition) is 2. The zero-order valence-corrected chi connectivity index (χ0v) is 13.5. The van der Waals surface area contributed by atoms with Crippen LogP contribution in [0, 0.1) is 0 Å². The molecule has 0 aliphatic carbocycles. The van der Waals surface area contributed by atoms with Crippen LogP contribution in [0.25, 0.3) is 0 Å². The summed E-state index contributed by atoms with van der Waals surface area (Å²) in [5.74, 6) is -0.321. The van der Waals surface area contributed by atoms with Crippen LogP contribution in [0.3, 0.4) is 0 Å². The van der Waals surface area contributed by atoms with E-state index in [4.69, 9.17) is 0 Å². The van der Waals surface area contributed by atoms with E-state index in [9.17, 15) is 9.59 Å². The highest BCUT2D eigenvalue weighted by molar-refractivity contribution is 5.86. The lowest BCUT2D eigenvalue weighted by Gasteiger charge is -2.20. The molecule has 120 valence electrons. The molecule has 2 N–H and O–H groups in total. The van der Waals surface area contributed by atoms with Crippen molar-refractivity contribution >= 4 is 11.8 Å². The first-order valence-corrected chi connectivity index (χ1v) is 7.72. The van der Waals surface area contributed by atoms with Crippen molar-refractivity contribution < 1.29 is 9.59 Å². The highest BCUT2D eigenvalue weighted by atomic mass is 16.2. The minimum atomic E-state index is -0.542. The van der Waals surface area contributed by atoms with Crippen LogP contribution in [0.1, 0.15) is 30.9 Å². The van der Waals surface area contributed by atoms with Gasteiger partial charge in [-0.25, -0.2) is 0 Å². The van der Waals surface area contributed by atoms with Gasteiger partial charge in [0.15, 0.2) is 0 Å². The molecule has 4 nitrogen and oxygen atoms in total. The summed E-state index contributed by atoms with van der Waals surface area (Å²) in [6, 6.07) is 19.6. The van der Waals surface area contributed by atoms with Crippen molar-refractivity contribution in [2.75, 3.05) is 6.54 Å². The van der Waals surface area contributed by atoms with Gasteiger partial charge in [-0.15, -0.1) is 0 Å². The first-order valence-electron chi connectivity index (χ1n) is 7.72. The first kappa shape index (κ1) is 16.7. The quantitative estimate of drug-likeness (QED) is 0.861. The predicted octanol–water partition coefficient (Wildman–Crippen LogP) is 2.46. The zero-order valence-electron chi connectivity index (χ0n) is 13.5. The van der Waals surface area contributed by atoms with Crippen LogP contribution in [-0.4, -0.2) is 24.4 Å². The van der Waals surface area contributed by atoms with E-state index in [1.54, 1.807) is 6.92 Å². The number of hydrogen-bond donors (Lipinski definition) is 2. The van der Waals surface area contributed by atoms with Crippen LogP contribution in [0.2, 0.25) is 0 Å². The van der Waals surface area contributed by atoms with E-state index in [-0.39, 0.29) is 17.7 Å². The van der Waals surface area contributed by atoms with Gasteiger partial charge in [0.05, 0.1) is 0 Å². The third-order valence-electron chi connectivity index (χ3n) is 3.70. The molecular formula is C19H22N2O2. The fraction of sp³-hybridized carbons (Fsp3) is 0.263. The zero-order chi connectivity index (χ0) is 16.7. The number of carbonyl (C=O) groups is 2. The molecule has 0 aliphatic rings. The minimum Gasteiger partial charge on any atom is -0.353 e. The maximum atomic E-state index is 12.1. The highest BCUT2D eigenvalue weighted by Gasteiger charge is 2.18. The third-order valence-corrected chi connectivity index (χ3v) is 3.70. The molecule has 0 radical (unpaired) electrons. The molecule has 2 amide bonds. The van der Waals surface area contributed by atoms with Gasteiger partial charge in [-0.1, -0.05) is 60.7 Å². The molecular weight excluding hydrogens is 288 g/mol. The van der Waals surface area contributed by atoms with Gasteiger partial charge in [-0.2, -0.15) is 0 Å². The lowest BCUT2D eigenvalue weighted by molar-refractivity contribution is -0.127. The Bertz CT molecular complexity index is 601. The van der Waals surface area contributed by atoms with Crippen molar-refractivity contribution in [1.29, 1.82) is 0 Å². The standard InChI is InChI=1S/C19H22N2O2/c1-14(21-15(2)22)19(23)20-13-18(16-9-5-3-6-10-16)17-11-7-4-8-12-17/h3-12,14,18H,13H2,1-2H3,(H,20,23)(H,21,22). The Morgan fingerprint density at radius 2 is 1.39 bits per heavy atom. The van der Waals surface area contributed by atoms with E-state index in [0.29, 0.717) is 6.54 Å². The van der Waals surface area contributed by atoms with Crippen molar-refractivity contribution in [3.05, 3.63) is 71.8 Å². The van der Waals surface area contributed by atoms with E-state index < -0.39 is 6.04 Å². The maximum absolute atomic E-state index is 12.1. The van der Waals surface area contributed by atoms with Crippen molar-refractivity contribution in [2.45, 2.75) is 25.8 Å². The third kappa shape index (κ3) is 4.95. The average molecular weight is 310 g/mol. The second-order valence-electron chi connectivity index (χ2n) is 5.54. The average Bonchev–Trinajstić information content (AvgIpc) is 2.56. The van der Waals surface area contributed by atoms with Gasteiger partial charge in [-0.05, 0) is 18.1 Å². The highest BCUT2D eigenvalue weighted by Crippen LogP contribution is 2.23. The summed E-state index contributed by atoms with van der Waals surface area (Å²) in [6.07, 6.45) is 0. The van der Waals surface area contributed by atoms with Gasteiger partial charge < -0.3 is 10.6 Å². The van der Waals surface area contributed by atoms with Crippen molar-refractivity contribution in [1.82, 2.24) is 10.6 Å². The second kappa shape index (κ2) is 8.13. The van der Waals surface area contributed by atoms with E-state index in [1.807, 2.05) is 36.4 Å². The Morgan fingerprint density at radius 3 is 1.83 bits per heavy atom. The Balaban J connectivity index is 2.10. The Kier molecular flexibility index (Phi) is 5.92. The summed E-state index contributed by atoms with van der Waals surface area (Å²) in [6.45, 7) is 3.56. The van der Waals surface area contributed by atoms with Crippen molar-refractivity contribution in [2.24, 2.45) is 0 Å². The number of benzene rings is 2. The van der Waals surface area contributed by atoms with Gasteiger partial charge in [0.2, 0.25) is 11.8 Å². The molecule has 2 aromatic carbocycles. The summed E-state index contributed by atoms with van der Waals surface area (Å²) < 4.78 is 0. The molecule has 2 rings (SSSR count). The number of rotatable bonds is 6. The fourth-order valence-corrected chi connectivity index (χ4v) is 2.53. The Labute approximate surface area is 136 Å². The Morgan fingerprint density at radius 1 is 0.913 bits per heavy atom. The smallest absolute Gasteiger partial charge is 0.242 e. The van der Waals surface area contributed by atoms with Crippen LogP contribution < -0.4 is 10.6 Å². The van der Waals surface area contributed by atoms with Gasteiger partial charge >= 0.3 is 0 Å². The summed E-state index contributed by atoms with van der Waals surface area (Å²) in [7, 11) is 0. The number of nitrogens with one attached hydrogen (secondary N) is 2. The lowest BCUT2D eigenvalue weighted by Crippen LogP contribution is -2.45. The molecule has 0 saturated carbocycles. The molecule has 2 aromatic rings. The fourth-order valence-electron chi connectivity index (χ4n) is 2.53. The minimum absolute atomic E-state index is 0.0749. The van der Waals surface area contributed by atoms with Crippen LogP contribution >= 0.6 is 0 Å². The van der Waals surface area contributed by atoms with Gasteiger partial charge in [0, 0.05) is 19.4 Å². The van der Waals surface area contributed by atoms with Crippen LogP contribution in [0.5, 0.6) is 0 Å². The van der Waals surface area contributed by atoms with Crippen LogP contribution in [-0.2, 0) is 9.59 Å². The number of carbonyl (C=O) groups excluding carboxylic acids is 2. The Hall–Kier alpha value is -2.62. The van der Waals surface area contributed by atoms with Gasteiger partial charge in [-0.3, -0.25) is 9.59 Å². The van der Waals surface area contributed by atoms with E-state index in [0.717, 1.165) is 11.1 Å². The number of amides is 2. The van der Waals surface area contributed by atoms with Gasteiger partial charge in [0.25, 0.3) is 0 Å². The summed E-state index contributed by atoms with van der Waals surface area (Å²) >= 11 is 0. The molecule has 1 unspecified atom stereocenters. The molecule has 0 aliphatic heterocycles. The van der Waals surface area contributed by atoms with E-state index in [1.165, 1.54) is 6.92 Å². The first-order chi connectivity index (χ1) is 11.1. The SMILES string of the molecule is CC(=O)NC(C)C(=O)NCC(c1ccccc1)c1ccccc1.